The molecule has 2 aliphatic rings. The number of aromatic amines is 2. The molecular formula is C38H18F4N6O10. The van der Waals surface area contributed by atoms with Gasteiger partial charge >= 0.3 is 11.9 Å². The first-order chi connectivity index (χ1) is 27.8. The van der Waals surface area contributed by atoms with Gasteiger partial charge in [0.25, 0.3) is 11.1 Å². The van der Waals surface area contributed by atoms with E-state index < -0.39 is 74.2 Å². The van der Waals surface area contributed by atoms with Gasteiger partial charge in [0.2, 0.25) is 22.5 Å². The maximum Gasteiger partial charge on any atom is 0.343 e. The number of hydrogen-bond donors (Lipinski definition) is 3. The zero-order valence-corrected chi connectivity index (χ0v) is 28.9. The molecule has 3 N–H and O–H groups in total. The number of aromatic nitrogens is 6. The largest absolute Gasteiger partial charge is 0.477 e. The van der Waals surface area contributed by atoms with Crippen molar-refractivity contribution >= 4 is 55.6 Å². The number of carbonyl (C=O) groups excluding carboxylic acids is 1. The van der Waals surface area contributed by atoms with E-state index in [1.165, 1.54) is 52.3 Å². The molecular weight excluding hydrogens is 776 g/mol. The predicted molar refractivity (Wildman–Crippen MR) is 194 cm³/mol. The minimum Gasteiger partial charge on any atom is -0.477 e. The Morgan fingerprint density at radius 2 is 1.14 bits per heavy atom. The summed E-state index contributed by atoms with van der Waals surface area (Å²) in [5.41, 5.74) is -2.79. The van der Waals surface area contributed by atoms with Crippen LogP contribution in [-0.2, 0) is 4.74 Å². The van der Waals surface area contributed by atoms with Crippen molar-refractivity contribution in [2.24, 2.45) is 0 Å². The summed E-state index contributed by atoms with van der Waals surface area (Å²) >= 11 is 0. The summed E-state index contributed by atoms with van der Waals surface area (Å²) in [7, 11) is 0. The molecule has 0 saturated carbocycles. The van der Waals surface area contributed by atoms with Crippen LogP contribution in [0.3, 0.4) is 0 Å². The van der Waals surface area contributed by atoms with Crippen molar-refractivity contribution in [1.82, 2.24) is 29.1 Å². The molecule has 58 heavy (non-hydrogen) atoms. The monoisotopic (exact) mass is 794 g/mol. The Balaban J connectivity index is 0.000000151. The van der Waals surface area contributed by atoms with Gasteiger partial charge < -0.3 is 38.4 Å². The topological polar surface area (TPSA) is 218 Å². The molecule has 8 aromatic rings. The Hall–Kier alpha value is -8.16. The number of nitrogens with zero attached hydrogens (tertiary/aromatic N) is 4. The lowest BCUT2D eigenvalue weighted by molar-refractivity contribution is 0.0523. The molecule has 0 unspecified atom stereocenters. The molecule has 0 amide bonds. The van der Waals surface area contributed by atoms with Gasteiger partial charge in [-0.05, 0) is 43.3 Å². The molecule has 4 aromatic carbocycles. The third-order valence-corrected chi connectivity index (χ3v) is 9.39. The van der Waals surface area contributed by atoms with Gasteiger partial charge in [-0.1, -0.05) is 0 Å². The molecule has 0 saturated heterocycles. The van der Waals surface area contributed by atoms with E-state index in [1.807, 2.05) is 0 Å². The van der Waals surface area contributed by atoms with E-state index in [1.54, 1.807) is 6.92 Å². The van der Waals surface area contributed by atoms with Crippen LogP contribution in [0.15, 0.2) is 80.6 Å². The fraction of sp³-hybridized carbons (Fsp3) is 0.0526. The average Bonchev–Trinajstić information content (AvgIpc) is 3.19. The number of rotatable bonds is 3. The van der Waals surface area contributed by atoms with Crippen LogP contribution in [0.25, 0.3) is 55.0 Å². The van der Waals surface area contributed by atoms with Crippen LogP contribution < -0.4 is 31.4 Å². The first-order valence-electron chi connectivity index (χ1n) is 16.7. The zero-order valence-electron chi connectivity index (χ0n) is 28.9. The number of carboxylic acid groups (broad SMARTS) is 1. The summed E-state index contributed by atoms with van der Waals surface area (Å²) in [5, 5.41) is 9.05. The van der Waals surface area contributed by atoms with Crippen molar-refractivity contribution in [3.05, 3.63) is 137 Å². The van der Waals surface area contributed by atoms with Crippen molar-refractivity contribution < 1.29 is 46.5 Å². The van der Waals surface area contributed by atoms with Gasteiger partial charge in [0.05, 0.1) is 63.2 Å². The predicted octanol–water partition coefficient (Wildman–Crippen LogP) is 5.10. The maximum atomic E-state index is 14.6. The molecule has 20 heteroatoms. The number of pyridine rings is 2. The van der Waals surface area contributed by atoms with E-state index in [0.29, 0.717) is 17.6 Å². The van der Waals surface area contributed by atoms with Crippen LogP contribution in [0.4, 0.5) is 17.6 Å². The van der Waals surface area contributed by atoms with Gasteiger partial charge in [-0.15, -0.1) is 0 Å². The second-order valence-electron chi connectivity index (χ2n) is 12.6. The number of hydrogen-bond acceptors (Lipinski definition) is 11. The number of carboxylic acids is 1. The minimum absolute atomic E-state index is 0.0238. The van der Waals surface area contributed by atoms with Gasteiger partial charge in [0, 0.05) is 12.4 Å². The second kappa shape index (κ2) is 12.7. The molecule has 0 radical (unpaired) electrons. The number of halogens is 4. The highest BCUT2D eigenvalue weighted by atomic mass is 19.2. The normalized spacial score (nSPS) is 12.0. The van der Waals surface area contributed by atoms with Crippen LogP contribution in [-0.4, -0.2) is 52.7 Å². The molecule has 0 aliphatic carbocycles. The summed E-state index contributed by atoms with van der Waals surface area (Å²) in [6.45, 7) is 1.60. The number of benzene rings is 4. The Morgan fingerprint density at radius 1 is 0.690 bits per heavy atom. The number of H-pyrrole nitrogens is 2. The smallest absolute Gasteiger partial charge is 0.343 e. The van der Waals surface area contributed by atoms with Gasteiger partial charge in [-0.25, -0.2) is 28.3 Å². The third kappa shape index (κ3) is 5.14. The van der Waals surface area contributed by atoms with Crippen LogP contribution in [0, 0.1) is 23.3 Å². The standard InChI is InChI=1S/C20H11F2N3O5.C18H7F2N3O5/c1-2-29-20(28)10-6-25-13-5-12-8(19(27)24-7-23-12)4-14(13)30-18-15(22)11(21)3-9(16(18)25)17(10)26;19-9-1-7-14-16(13(9)20)28-12-2-6-10(21-5-22-17(6)25)3-11(12)23(14)4-8(15(7)24)18(26)27/h3-7H,2H2,1H3,(H,23,24,27);1-5H,(H,26,27)(H,21,22,25). The minimum atomic E-state index is -1.52. The fourth-order valence-electron chi connectivity index (χ4n) is 6.81. The lowest BCUT2D eigenvalue weighted by atomic mass is 10.1. The summed E-state index contributed by atoms with van der Waals surface area (Å²) in [5.74, 6) is -8.83. The molecule has 10 rings (SSSR count). The van der Waals surface area contributed by atoms with E-state index in [4.69, 9.17) is 14.2 Å². The van der Waals surface area contributed by atoms with Crippen LogP contribution in [0.2, 0.25) is 0 Å². The molecule has 6 heterocycles. The van der Waals surface area contributed by atoms with Gasteiger partial charge in [0.1, 0.15) is 22.2 Å². The Bertz CT molecular complexity index is 3470. The van der Waals surface area contributed by atoms with Gasteiger partial charge in [-0.3, -0.25) is 19.2 Å². The van der Waals surface area contributed by atoms with Crippen molar-refractivity contribution in [3.8, 4) is 34.4 Å². The highest BCUT2D eigenvalue weighted by Crippen LogP contribution is 2.44. The fourth-order valence-corrected chi connectivity index (χ4v) is 6.81. The Morgan fingerprint density at radius 3 is 1.59 bits per heavy atom. The first-order valence-corrected chi connectivity index (χ1v) is 16.7. The SMILES string of the molecule is CCOC(=O)c1cn2c3c(c(F)c(F)cc3c1=O)Oc1cc3c(=O)[nH]cnc3cc1-2.O=C(O)c1cn2c3c(c(F)c(F)cc3c1=O)Oc1cc3c(=O)[nH]cnc3cc1-2. The summed E-state index contributed by atoms with van der Waals surface area (Å²) in [6.07, 6.45) is 4.60. The number of esters is 1. The second-order valence-corrected chi connectivity index (χ2v) is 12.6. The molecule has 0 fully saturated rings. The molecule has 288 valence electrons. The molecule has 0 atom stereocenters. The van der Waals surface area contributed by atoms with Crippen molar-refractivity contribution in [2.75, 3.05) is 6.61 Å². The lowest BCUT2D eigenvalue weighted by Gasteiger charge is -2.24. The van der Waals surface area contributed by atoms with E-state index in [-0.39, 0.29) is 73.1 Å². The molecule has 0 spiro atoms. The summed E-state index contributed by atoms with van der Waals surface area (Å²) < 4.78 is 75.7. The Labute approximate surface area is 315 Å². The van der Waals surface area contributed by atoms with Gasteiger partial charge in [-0.2, -0.15) is 8.78 Å². The average molecular weight is 795 g/mol. The maximum absolute atomic E-state index is 14.6. The summed E-state index contributed by atoms with van der Waals surface area (Å²) in [6, 6.07) is 6.89. The number of nitrogens with one attached hydrogen (secondary N) is 2. The molecule has 4 aromatic heterocycles. The van der Waals surface area contributed by atoms with Gasteiger partial charge in [0.15, 0.2) is 34.6 Å². The van der Waals surface area contributed by atoms with E-state index in [9.17, 15) is 51.4 Å². The van der Waals surface area contributed by atoms with E-state index in [2.05, 4.69) is 19.9 Å². The molecule has 0 bridgehead atoms. The van der Waals surface area contributed by atoms with Crippen molar-refractivity contribution in [2.45, 2.75) is 6.92 Å². The third-order valence-electron chi connectivity index (χ3n) is 9.39. The number of fused-ring (bicyclic) bond motifs is 6. The number of aromatic carboxylic acids is 1. The highest BCUT2D eigenvalue weighted by Gasteiger charge is 2.31. The van der Waals surface area contributed by atoms with E-state index in [0.717, 1.165) is 6.20 Å². The van der Waals surface area contributed by atoms with Crippen molar-refractivity contribution in [1.29, 1.82) is 0 Å². The highest BCUT2D eigenvalue weighted by molar-refractivity contribution is 5.99. The van der Waals surface area contributed by atoms with Crippen LogP contribution >= 0.6 is 0 Å². The molecule has 2 aliphatic heterocycles. The van der Waals surface area contributed by atoms with Crippen LogP contribution in [0.1, 0.15) is 27.6 Å². The van der Waals surface area contributed by atoms with E-state index >= 15 is 0 Å². The molecule has 16 nitrogen and oxygen atoms in total. The van der Waals surface area contributed by atoms with Crippen LogP contribution in [0.5, 0.6) is 23.0 Å². The Kier molecular flexibility index (Phi) is 7.78. The first kappa shape index (κ1) is 35.5. The van der Waals surface area contributed by atoms with Crippen molar-refractivity contribution in [3.63, 3.8) is 0 Å². The zero-order chi connectivity index (χ0) is 40.9. The number of carbonyl (C=O) groups is 2. The number of ether oxygens (including phenoxy) is 3. The summed E-state index contributed by atoms with van der Waals surface area (Å²) in [4.78, 5) is 86.1. The quantitative estimate of drug-likeness (QED) is 0.157. The lowest BCUT2D eigenvalue weighted by Crippen LogP contribution is -2.23.